The summed E-state index contributed by atoms with van der Waals surface area (Å²) >= 11 is 0. The number of hydrogen-bond donors (Lipinski definition) is 1. The summed E-state index contributed by atoms with van der Waals surface area (Å²) < 4.78 is 1.84. The van der Waals surface area contributed by atoms with E-state index < -0.39 is 5.97 Å². The van der Waals surface area contributed by atoms with E-state index in [4.69, 9.17) is 5.11 Å². The molecule has 0 aliphatic rings. The molecule has 1 radical (unpaired) electrons. The first kappa shape index (κ1) is 13.4. The molecule has 0 saturated heterocycles. The van der Waals surface area contributed by atoms with Crippen molar-refractivity contribution in [2.45, 2.75) is 13.3 Å². The molecule has 2 rings (SSSR count). The predicted octanol–water partition coefficient (Wildman–Crippen LogP) is 1.91. The van der Waals surface area contributed by atoms with Gasteiger partial charge in [-0.1, -0.05) is 11.6 Å². The minimum Gasteiger partial charge on any atom is -0.481 e. The molecule has 0 saturated carbocycles. The standard InChI is InChI=1S/C12H12NO2.Y/c1-8-3-4-11-10(5-8)9(6-12(14)15)7-13(11)2;/h3-5H,6H2,1-2H3,(H,14,15);/q-1;. The maximum Gasteiger partial charge on any atom is 0.305 e. The van der Waals surface area contributed by atoms with Crippen molar-refractivity contribution >= 4 is 16.9 Å². The molecule has 0 aliphatic heterocycles. The van der Waals surface area contributed by atoms with Gasteiger partial charge in [0.05, 0.1) is 0 Å². The van der Waals surface area contributed by atoms with E-state index in [9.17, 15) is 4.79 Å². The van der Waals surface area contributed by atoms with E-state index in [2.05, 4.69) is 6.20 Å². The van der Waals surface area contributed by atoms with Gasteiger partial charge in [-0.25, -0.2) is 0 Å². The van der Waals surface area contributed by atoms with E-state index in [1.165, 1.54) is 0 Å². The summed E-state index contributed by atoms with van der Waals surface area (Å²) in [6.45, 7) is 2.00. The van der Waals surface area contributed by atoms with Gasteiger partial charge in [-0.05, 0) is 14.0 Å². The van der Waals surface area contributed by atoms with Crippen LogP contribution in [0.2, 0.25) is 0 Å². The van der Waals surface area contributed by atoms with Crippen LogP contribution < -0.4 is 0 Å². The Morgan fingerprint density at radius 1 is 1.50 bits per heavy atom. The molecule has 0 amide bonds. The van der Waals surface area contributed by atoms with Crippen LogP contribution in [0.1, 0.15) is 11.1 Å². The van der Waals surface area contributed by atoms with Crippen molar-refractivity contribution in [3.63, 3.8) is 0 Å². The van der Waals surface area contributed by atoms with Crippen LogP contribution in [0.5, 0.6) is 0 Å². The average Bonchev–Trinajstić information content (AvgIpc) is 2.42. The van der Waals surface area contributed by atoms with E-state index in [1.54, 1.807) is 0 Å². The van der Waals surface area contributed by atoms with Crippen molar-refractivity contribution < 1.29 is 42.6 Å². The zero-order valence-corrected chi connectivity index (χ0v) is 12.2. The Bertz CT molecular complexity index is 531. The van der Waals surface area contributed by atoms with Gasteiger partial charge in [-0.2, -0.15) is 5.39 Å². The molecule has 3 nitrogen and oxygen atoms in total. The zero-order valence-electron chi connectivity index (χ0n) is 9.32. The smallest absolute Gasteiger partial charge is 0.305 e. The number of carbonyl (C=O) groups is 1. The van der Waals surface area contributed by atoms with Gasteiger partial charge in [0.1, 0.15) is 0 Å². The van der Waals surface area contributed by atoms with Gasteiger partial charge in [0.25, 0.3) is 0 Å². The van der Waals surface area contributed by atoms with Crippen molar-refractivity contribution in [2.75, 3.05) is 0 Å². The van der Waals surface area contributed by atoms with Crippen LogP contribution in [0, 0.1) is 13.1 Å². The van der Waals surface area contributed by atoms with Gasteiger partial charge in [0.15, 0.2) is 0 Å². The molecule has 1 aromatic heterocycles. The van der Waals surface area contributed by atoms with Gasteiger partial charge >= 0.3 is 5.97 Å². The van der Waals surface area contributed by atoms with Crippen LogP contribution in [-0.4, -0.2) is 15.6 Å². The second-order valence-electron chi connectivity index (χ2n) is 3.74. The summed E-state index contributed by atoms with van der Waals surface area (Å²) in [6, 6.07) is 6.01. The van der Waals surface area contributed by atoms with E-state index in [0.29, 0.717) is 0 Å². The molecule has 1 heterocycles. The predicted molar refractivity (Wildman–Crippen MR) is 57.8 cm³/mol. The van der Waals surface area contributed by atoms with Crippen LogP contribution in [-0.2, 0) is 51.0 Å². The largest absolute Gasteiger partial charge is 0.481 e. The fourth-order valence-electron chi connectivity index (χ4n) is 1.79. The third-order valence-corrected chi connectivity index (χ3v) is 2.47. The number of aliphatic carboxylic acids is 1. The zero-order chi connectivity index (χ0) is 11.0. The van der Waals surface area contributed by atoms with Crippen molar-refractivity contribution in [2.24, 2.45) is 7.05 Å². The maximum atomic E-state index is 10.7. The maximum absolute atomic E-state index is 10.7. The molecule has 16 heavy (non-hydrogen) atoms. The minimum absolute atomic E-state index is 0. The number of carboxylic acids is 1. The fraction of sp³-hybridized carbons (Fsp3) is 0.250. The second-order valence-corrected chi connectivity index (χ2v) is 3.74. The van der Waals surface area contributed by atoms with Gasteiger partial charge < -0.3 is 9.67 Å². The summed E-state index contributed by atoms with van der Waals surface area (Å²) in [4.78, 5) is 10.7. The quantitative estimate of drug-likeness (QED) is 0.859. The number of aromatic nitrogens is 1. The summed E-state index contributed by atoms with van der Waals surface area (Å²) in [5.74, 6) is -0.819. The van der Waals surface area contributed by atoms with Gasteiger partial charge in [0, 0.05) is 39.1 Å². The van der Waals surface area contributed by atoms with E-state index in [0.717, 1.165) is 22.0 Å². The van der Waals surface area contributed by atoms with E-state index >= 15 is 0 Å². The molecule has 0 spiro atoms. The number of nitrogens with zero attached hydrogens (tertiary/aromatic N) is 1. The molecule has 2 aromatic rings. The molecule has 0 aliphatic carbocycles. The number of rotatable bonds is 2. The summed E-state index contributed by atoms with van der Waals surface area (Å²) in [7, 11) is 1.88. The summed E-state index contributed by atoms with van der Waals surface area (Å²) in [5, 5.41) is 9.76. The number of fused-ring (bicyclic) bond motifs is 1. The SMILES string of the molecule is Cc1ccc2c(c1)c(CC(=O)O)[c-]n2C.[Y]. The Hall–Kier alpha value is -0.666. The molecule has 1 N–H and O–H groups in total. The molecule has 0 atom stereocenters. The Kier molecular flexibility index (Phi) is 4.28. The van der Waals surface area contributed by atoms with Crippen LogP contribution >= 0.6 is 0 Å². The van der Waals surface area contributed by atoms with E-state index in [1.807, 2.05) is 36.7 Å². The number of aryl methyl sites for hydroxylation is 2. The topological polar surface area (TPSA) is 42.2 Å². The van der Waals surface area contributed by atoms with Crippen molar-refractivity contribution in [1.29, 1.82) is 0 Å². The third kappa shape index (κ3) is 2.53. The first-order chi connectivity index (χ1) is 7.08. The van der Waals surface area contributed by atoms with Gasteiger partial charge in [-0.3, -0.25) is 4.79 Å². The molecule has 4 heteroatoms. The second kappa shape index (κ2) is 5.11. The van der Waals surface area contributed by atoms with Crippen LogP contribution in [0.25, 0.3) is 10.9 Å². The van der Waals surface area contributed by atoms with Crippen LogP contribution in [0.4, 0.5) is 0 Å². The first-order valence-corrected chi connectivity index (χ1v) is 4.77. The van der Waals surface area contributed by atoms with Crippen molar-refractivity contribution in [3.8, 4) is 0 Å². The number of hydrogen-bond acceptors (Lipinski definition) is 1. The van der Waals surface area contributed by atoms with Crippen LogP contribution in [0.3, 0.4) is 0 Å². The molecule has 81 valence electrons. The monoisotopic (exact) mass is 291 g/mol. The van der Waals surface area contributed by atoms with E-state index in [-0.39, 0.29) is 39.1 Å². The molecule has 0 fully saturated rings. The third-order valence-electron chi connectivity index (χ3n) is 2.47. The van der Waals surface area contributed by atoms with Crippen molar-refractivity contribution in [3.05, 3.63) is 35.5 Å². The molecular formula is C12H12NO2Y-. The molecule has 0 bridgehead atoms. The summed E-state index contributed by atoms with van der Waals surface area (Å²) in [5.41, 5.74) is 2.91. The number of carboxylic acid groups (broad SMARTS) is 1. The van der Waals surface area contributed by atoms with Gasteiger partial charge in [-0.15, -0.1) is 29.4 Å². The normalized spacial score (nSPS) is 10.1. The summed E-state index contributed by atoms with van der Waals surface area (Å²) in [6.07, 6.45) is 3.08. The van der Waals surface area contributed by atoms with Crippen LogP contribution in [0.15, 0.2) is 18.2 Å². The minimum atomic E-state index is -0.819. The Balaban J connectivity index is 0.00000128. The first-order valence-electron chi connectivity index (χ1n) is 4.77. The molecule has 1 aromatic carbocycles. The molecular weight excluding hydrogens is 279 g/mol. The van der Waals surface area contributed by atoms with Crippen molar-refractivity contribution in [1.82, 2.24) is 4.57 Å². The Morgan fingerprint density at radius 3 is 2.81 bits per heavy atom. The Labute approximate surface area is 119 Å². The van der Waals surface area contributed by atoms with Gasteiger partial charge in [0.2, 0.25) is 0 Å². The molecule has 0 unspecified atom stereocenters. The Morgan fingerprint density at radius 2 is 2.19 bits per heavy atom. The average molecular weight is 291 g/mol. The number of benzene rings is 1. The fourth-order valence-corrected chi connectivity index (χ4v) is 1.79.